The van der Waals surface area contributed by atoms with Crippen LogP contribution in [0.5, 0.6) is 0 Å². The van der Waals surface area contributed by atoms with E-state index in [2.05, 4.69) is 86.0 Å². The standard InChI is InChI=1S/C31H26NO/c1-4-32-26-15-11-20(3)17-25(26)29-23-7-5-6-8-24(23)31(33)28-22(14-16-27(32)30(28)29)18-21-12-9-19(2)10-13-21/h5-17H,4,18H2,1-3H3/q+1. The number of nitrogens with zero attached hydrogens (tertiary/aromatic N) is 1. The summed E-state index contributed by atoms with van der Waals surface area (Å²) >= 11 is 0. The summed E-state index contributed by atoms with van der Waals surface area (Å²) < 4.78 is 2.36. The van der Waals surface area contributed by atoms with Crippen LogP contribution in [-0.4, -0.2) is 5.78 Å². The molecule has 0 unspecified atom stereocenters. The molecule has 0 N–H and O–H groups in total. The molecule has 1 aliphatic rings. The Morgan fingerprint density at radius 2 is 1.42 bits per heavy atom. The molecular formula is C31H26NO+. The second-order valence-electron chi connectivity index (χ2n) is 9.17. The van der Waals surface area contributed by atoms with Gasteiger partial charge < -0.3 is 0 Å². The lowest BCUT2D eigenvalue weighted by Gasteiger charge is -2.23. The quantitative estimate of drug-likeness (QED) is 0.226. The zero-order valence-electron chi connectivity index (χ0n) is 19.3. The van der Waals surface area contributed by atoms with E-state index in [4.69, 9.17) is 0 Å². The summed E-state index contributed by atoms with van der Waals surface area (Å²) in [6.07, 6.45) is 0.747. The Bertz CT molecular complexity index is 1590. The molecule has 1 heterocycles. The average molecular weight is 429 g/mol. The third-order valence-electron chi connectivity index (χ3n) is 7.02. The van der Waals surface area contributed by atoms with Crippen molar-refractivity contribution in [3.8, 4) is 11.1 Å². The number of fused-ring (bicyclic) bond motifs is 4. The molecule has 0 aliphatic heterocycles. The fraction of sp³-hybridized carbons (Fsp3) is 0.161. The highest BCUT2D eigenvalue weighted by Crippen LogP contribution is 2.44. The molecule has 0 saturated heterocycles. The van der Waals surface area contributed by atoms with Gasteiger partial charge in [0.2, 0.25) is 11.0 Å². The van der Waals surface area contributed by atoms with Crippen molar-refractivity contribution in [2.24, 2.45) is 0 Å². The van der Waals surface area contributed by atoms with Crippen LogP contribution >= 0.6 is 0 Å². The Morgan fingerprint density at radius 1 is 0.727 bits per heavy atom. The first-order chi connectivity index (χ1) is 16.1. The number of ketones is 1. The Balaban J connectivity index is 1.77. The SMILES string of the molecule is CC[n+]1c2ccc(C)cc2c2c3c(c(Cc4ccc(C)cc4)ccc31)C(=O)c1ccccc1-2. The molecule has 2 heteroatoms. The highest BCUT2D eigenvalue weighted by Gasteiger charge is 2.33. The number of hydrogen-bond acceptors (Lipinski definition) is 1. The van der Waals surface area contributed by atoms with E-state index in [9.17, 15) is 4.79 Å². The van der Waals surface area contributed by atoms with Crippen molar-refractivity contribution < 1.29 is 9.36 Å². The molecule has 1 aliphatic carbocycles. The van der Waals surface area contributed by atoms with E-state index < -0.39 is 0 Å². The second kappa shape index (κ2) is 7.38. The molecule has 6 rings (SSSR count). The smallest absolute Gasteiger partial charge is 0.214 e. The van der Waals surface area contributed by atoms with Gasteiger partial charge in [0.05, 0.1) is 10.8 Å². The molecule has 0 spiro atoms. The van der Waals surface area contributed by atoms with Crippen LogP contribution in [0.25, 0.3) is 32.9 Å². The van der Waals surface area contributed by atoms with Gasteiger partial charge in [-0.15, -0.1) is 0 Å². The summed E-state index contributed by atoms with van der Waals surface area (Å²) in [5, 5.41) is 2.32. The molecule has 160 valence electrons. The molecule has 0 bridgehead atoms. The van der Waals surface area contributed by atoms with Crippen LogP contribution < -0.4 is 4.57 Å². The number of benzene rings is 4. The normalized spacial score (nSPS) is 12.4. The summed E-state index contributed by atoms with van der Waals surface area (Å²) in [4.78, 5) is 14.0. The molecule has 0 radical (unpaired) electrons. The molecule has 5 aromatic rings. The van der Waals surface area contributed by atoms with Crippen LogP contribution in [0.1, 0.15) is 45.1 Å². The van der Waals surface area contributed by atoms with Crippen LogP contribution in [0, 0.1) is 13.8 Å². The highest BCUT2D eigenvalue weighted by molar-refractivity contribution is 6.28. The van der Waals surface area contributed by atoms with Gasteiger partial charge in [-0.3, -0.25) is 4.79 Å². The number of aryl methyl sites for hydroxylation is 3. The van der Waals surface area contributed by atoms with Crippen LogP contribution in [0.3, 0.4) is 0 Å². The maximum Gasteiger partial charge on any atom is 0.214 e. The van der Waals surface area contributed by atoms with E-state index in [1.165, 1.54) is 33.2 Å². The molecule has 2 nitrogen and oxygen atoms in total. The lowest BCUT2D eigenvalue weighted by atomic mass is 9.79. The van der Waals surface area contributed by atoms with E-state index in [1.807, 2.05) is 18.2 Å². The maximum absolute atomic E-state index is 14.0. The van der Waals surface area contributed by atoms with Crippen molar-refractivity contribution in [3.63, 3.8) is 0 Å². The second-order valence-corrected chi connectivity index (χ2v) is 9.17. The number of rotatable bonds is 3. The zero-order valence-corrected chi connectivity index (χ0v) is 19.3. The monoisotopic (exact) mass is 428 g/mol. The van der Waals surface area contributed by atoms with E-state index in [1.54, 1.807) is 0 Å². The fourth-order valence-corrected chi connectivity index (χ4v) is 5.45. The molecule has 0 fully saturated rings. The lowest BCUT2D eigenvalue weighted by molar-refractivity contribution is -0.641. The first-order valence-corrected chi connectivity index (χ1v) is 11.7. The van der Waals surface area contributed by atoms with Crippen molar-refractivity contribution in [1.82, 2.24) is 0 Å². The van der Waals surface area contributed by atoms with Crippen molar-refractivity contribution >= 4 is 27.6 Å². The minimum atomic E-state index is 0.139. The van der Waals surface area contributed by atoms with Crippen molar-refractivity contribution in [2.75, 3.05) is 0 Å². The summed E-state index contributed by atoms with van der Waals surface area (Å²) in [5.74, 6) is 0.139. The van der Waals surface area contributed by atoms with Gasteiger partial charge in [0.25, 0.3) is 0 Å². The Morgan fingerprint density at radius 3 is 2.18 bits per heavy atom. The molecule has 0 atom stereocenters. The number of carbonyl (C=O) groups is 1. The number of aromatic nitrogens is 1. The number of hydrogen-bond donors (Lipinski definition) is 0. The van der Waals surface area contributed by atoms with Crippen LogP contribution in [0.2, 0.25) is 0 Å². The molecule has 0 saturated carbocycles. The largest absolute Gasteiger partial charge is 0.289 e. The molecule has 4 aromatic carbocycles. The van der Waals surface area contributed by atoms with Crippen LogP contribution in [-0.2, 0) is 13.0 Å². The molecule has 1 aromatic heterocycles. The van der Waals surface area contributed by atoms with Gasteiger partial charge in [-0.25, -0.2) is 0 Å². The highest BCUT2D eigenvalue weighted by atomic mass is 16.1. The van der Waals surface area contributed by atoms with E-state index in [-0.39, 0.29) is 5.78 Å². The van der Waals surface area contributed by atoms with Crippen molar-refractivity contribution in [3.05, 3.63) is 112 Å². The van der Waals surface area contributed by atoms with Gasteiger partial charge in [-0.05, 0) is 49.9 Å². The predicted octanol–water partition coefficient (Wildman–Crippen LogP) is 6.72. The number of carbonyl (C=O) groups excluding carboxylic acids is 1. The summed E-state index contributed by atoms with van der Waals surface area (Å²) in [6, 6.07) is 27.8. The fourth-order valence-electron chi connectivity index (χ4n) is 5.45. The van der Waals surface area contributed by atoms with Gasteiger partial charge >= 0.3 is 0 Å². The summed E-state index contributed by atoms with van der Waals surface area (Å²) in [5.41, 5.74) is 11.1. The van der Waals surface area contributed by atoms with Gasteiger partial charge in [0.1, 0.15) is 6.54 Å². The predicted molar refractivity (Wildman–Crippen MR) is 135 cm³/mol. The van der Waals surface area contributed by atoms with Gasteiger partial charge in [-0.1, -0.05) is 71.8 Å². The molecular weight excluding hydrogens is 402 g/mol. The molecule has 33 heavy (non-hydrogen) atoms. The van der Waals surface area contributed by atoms with Gasteiger partial charge in [0.15, 0.2) is 5.78 Å². The third-order valence-corrected chi connectivity index (χ3v) is 7.02. The minimum Gasteiger partial charge on any atom is -0.289 e. The van der Waals surface area contributed by atoms with Gasteiger partial charge in [0, 0.05) is 28.8 Å². The van der Waals surface area contributed by atoms with E-state index in [0.717, 1.165) is 46.1 Å². The lowest BCUT2D eigenvalue weighted by Crippen LogP contribution is -2.35. The Kier molecular flexibility index (Phi) is 4.45. The third kappa shape index (κ3) is 2.94. The van der Waals surface area contributed by atoms with Gasteiger partial charge in [-0.2, -0.15) is 4.57 Å². The summed E-state index contributed by atoms with van der Waals surface area (Å²) in [6.45, 7) is 7.27. The van der Waals surface area contributed by atoms with E-state index >= 15 is 0 Å². The van der Waals surface area contributed by atoms with Crippen LogP contribution in [0.15, 0.2) is 78.9 Å². The summed E-state index contributed by atoms with van der Waals surface area (Å²) in [7, 11) is 0. The zero-order chi connectivity index (χ0) is 22.7. The number of pyridine rings is 1. The van der Waals surface area contributed by atoms with E-state index in [0.29, 0.717) is 0 Å². The van der Waals surface area contributed by atoms with Crippen molar-refractivity contribution in [1.29, 1.82) is 0 Å². The molecule has 0 amide bonds. The maximum atomic E-state index is 14.0. The minimum absolute atomic E-state index is 0.139. The first-order valence-electron chi connectivity index (χ1n) is 11.7. The first kappa shape index (κ1) is 19.9. The Labute approximate surface area is 194 Å². The average Bonchev–Trinajstić information content (AvgIpc) is 2.83. The topological polar surface area (TPSA) is 20.9 Å². The Hall–Kier alpha value is -3.78. The van der Waals surface area contributed by atoms with Crippen molar-refractivity contribution in [2.45, 2.75) is 33.7 Å². The van der Waals surface area contributed by atoms with Crippen LogP contribution in [0.4, 0.5) is 0 Å².